The van der Waals surface area contributed by atoms with Crippen LogP contribution in [-0.2, 0) is 5.41 Å². The summed E-state index contributed by atoms with van der Waals surface area (Å²) in [4.78, 5) is 21.4. The van der Waals surface area contributed by atoms with Crippen molar-refractivity contribution in [3.8, 4) is 5.82 Å². The van der Waals surface area contributed by atoms with Crippen LogP contribution in [0.15, 0.2) is 30.5 Å². The monoisotopic (exact) mass is 384 g/mol. The molecule has 1 atom stereocenters. The molecule has 3 heterocycles. The number of urea groups is 1. The quantitative estimate of drug-likeness (QED) is 0.878. The zero-order valence-corrected chi connectivity index (χ0v) is 17.6. The van der Waals surface area contributed by atoms with Crippen molar-refractivity contribution in [2.45, 2.75) is 39.0 Å². The number of likely N-dealkylation sites (tertiary alicyclic amines) is 1. The zero-order chi connectivity index (χ0) is 20.3. The molecule has 1 aliphatic heterocycles. The number of piperidine rings is 1. The molecule has 1 N–H and O–H groups in total. The second-order valence-electron chi connectivity index (χ2n) is 8.85. The van der Waals surface area contributed by atoms with Gasteiger partial charge in [-0.25, -0.2) is 9.78 Å². The van der Waals surface area contributed by atoms with E-state index < -0.39 is 0 Å². The molecule has 28 heavy (non-hydrogen) atoms. The summed E-state index contributed by atoms with van der Waals surface area (Å²) in [6, 6.07) is 7.49. The van der Waals surface area contributed by atoms with Gasteiger partial charge in [-0.05, 0) is 44.5 Å². The van der Waals surface area contributed by atoms with Crippen molar-refractivity contribution in [3.05, 3.63) is 36.2 Å². The normalized spacial score (nSPS) is 18.1. The number of pyridine rings is 1. The predicted octanol–water partition coefficient (Wildman–Crippen LogP) is 3.37. The van der Waals surface area contributed by atoms with E-state index in [4.69, 9.17) is 5.10 Å². The number of carbonyl (C=O) groups is 1. The van der Waals surface area contributed by atoms with Gasteiger partial charge in [-0.2, -0.15) is 9.78 Å². The van der Waals surface area contributed by atoms with Gasteiger partial charge >= 0.3 is 6.03 Å². The molecular formula is C21H32N6O. The van der Waals surface area contributed by atoms with Crippen LogP contribution in [0.2, 0.25) is 0 Å². The average molecular weight is 385 g/mol. The zero-order valence-electron chi connectivity index (χ0n) is 17.6. The maximum atomic E-state index is 12.8. The van der Waals surface area contributed by atoms with Crippen LogP contribution < -0.4 is 5.32 Å². The third kappa shape index (κ3) is 4.90. The summed E-state index contributed by atoms with van der Waals surface area (Å²) in [5.74, 6) is 1.84. The first-order valence-corrected chi connectivity index (χ1v) is 9.96. The summed E-state index contributed by atoms with van der Waals surface area (Å²) in [5, 5.41) is 7.74. The molecule has 1 unspecified atom stereocenters. The number of carbonyl (C=O) groups excluding carboxylic acids is 1. The third-order valence-corrected chi connectivity index (χ3v) is 5.18. The fraction of sp³-hybridized carbons (Fsp3) is 0.571. The number of amides is 2. The fourth-order valence-corrected chi connectivity index (χ4v) is 3.59. The van der Waals surface area contributed by atoms with E-state index in [2.05, 4.69) is 43.0 Å². The van der Waals surface area contributed by atoms with Gasteiger partial charge < -0.3 is 9.80 Å². The first-order valence-electron chi connectivity index (χ1n) is 9.96. The van der Waals surface area contributed by atoms with Crippen molar-refractivity contribution >= 4 is 11.8 Å². The van der Waals surface area contributed by atoms with Gasteiger partial charge in [-0.1, -0.05) is 26.8 Å². The summed E-state index contributed by atoms with van der Waals surface area (Å²) in [7, 11) is 4.00. The van der Waals surface area contributed by atoms with Crippen LogP contribution in [0.25, 0.3) is 5.82 Å². The summed E-state index contributed by atoms with van der Waals surface area (Å²) in [5.41, 5.74) is 0.781. The minimum atomic E-state index is -0.127. The van der Waals surface area contributed by atoms with Crippen LogP contribution in [-0.4, -0.2) is 64.3 Å². The molecule has 1 fully saturated rings. The van der Waals surface area contributed by atoms with E-state index >= 15 is 0 Å². The highest BCUT2D eigenvalue weighted by Gasteiger charge is 2.24. The highest BCUT2D eigenvalue weighted by molar-refractivity contribution is 5.88. The largest absolute Gasteiger partial charge is 0.327 e. The molecule has 7 nitrogen and oxygen atoms in total. The lowest BCUT2D eigenvalue weighted by Crippen LogP contribution is -2.41. The van der Waals surface area contributed by atoms with E-state index in [1.807, 2.05) is 31.3 Å². The average Bonchev–Trinajstić information content (AvgIpc) is 3.06. The van der Waals surface area contributed by atoms with Crippen LogP contribution in [0.4, 0.5) is 10.6 Å². The third-order valence-electron chi connectivity index (χ3n) is 5.18. The lowest BCUT2D eigenvalue weighted by atomic mass is 9.92. The van der Waals surface area contributed by atoms with E-state index in [1.54, 1.807) is 15.8 Å². The van der Waals surface area contributed by atoms with Gasteiger partial charge in [0.25, 0.3) is 0 Å². The van der Waals surface area contributed by atoms with Gasteiger partial charge in [0, 0.05) is 37.8 Å². The van der Waals surface area contributed by atoms with E-state index in [0.717, 1.165) is 25.3 Å². The van der Waals surface area contributed by atoms with Gasteiger partial charge in [-0.15, -0.1) is 0 Å². The van der Waals surface area contributed by atoms with Crippen LogP contribution >= 0.6 is 0 Å². The number of aromatic nitrogens is 3. The Morgan fingerprint density at radius 1 is 1.36 bits per heavy atom. The lowest BCUT2D eigenvalue weighted by molar-refractivity contribution is 0.170. The molecule has 1 saturated heterocycles. The fourth-order valence-electron chi connectivity index (χ4n) is 3.59. The van der Waals surface area contributed by atoms with Gasteiger partial charge in [0.15, 0.2) is 5.82 Å². The van der Waals surface area contributed by atoms with Gasteiger partial charge in [0.2, 0.25) is 0 Å². The van der Waals surface area contributed by atoms with E-state index in [-0.39, 0.29) is 11.4 Å². The standard InChI is InChI=1S/C21H32N6O/c1-21(2,3)17-13-19(27(24-17)18-10-6-7-11-22-18)23-20(28)26(5)15-16-9-8-12-25(4)14-16/h6-7,10-11,13,16H,8-9,12,14-15H2,1-5H3,(H,23,28). The minimum absolute atomic E-state index is 0.120. The number of nitrogens with zero attached hydrogens (tertiary/aromatic N) is 5. The number of anilines is 1. The Bertz CT molecular complexity index is 795. The van der Waals surface area contributed by atoms with E-state index in [1.165, 1.54) is 12.8 Å². The highest BCUT2D eigenvalue weighted by atomic mass is 16.2. The van der Waals surface area contributed by atoms with Crippen molar-refractivity contribution in [1.29, 1.82) is 0 Å². The molecular weight excluding hydrogens is 352 g/mol. The molecule has 152 valence electrons. The number of hydrogen-bond donors (Lipinski definition) is 1. The van der Waals surface area contributed by atoms with Crippen molar-refractivity contribution in [1.82, 2.24) is 24.6 Å². The first kappa shape index (κ1) is 20.3. The van der Waals surface area contributed by atoms with Crippen LogP contribution in [0.1, 0.15) is 39.3 Å². The molecule has 0 aliphatic carbocycles. The Hall–Kier alpha value is -2.41. The Balaban J connectivity index is 1.76. The first-order chi connectivity index (χ1) is 13.2. The second-order valence-corrected chi connectivity index (χ2v) is 8.85. The van der Waals surface area contributed by atoms with Crippen LogP contribution in [0.5, 0.6) is 0 Å². The van der Waals surface area contributed by atoms with Gasteiger partial charge in [0.05, 0.1) is 5.69 Å². The molecule has 0 aromatic carbocycles. The smallest absolute Gasteiger partial charge is 0.322 e. The molecule has 2 aromatic heterocycles. The van der Waals surface area contributed by atoms with Crippen LogP contribution in [0, 0.1) is 5.92 Å². The Labute approximate surface area is 167 Å². The molecule has 0 bridgehead atoms. The molecule has 2 amide bonds. The topological polar surface area (TPSA) is 66.3 Å². The van der Waals surface area contributed by atoms with Gasteiger partial charge in [0.1, 0.15) is 5.82 Å². The molecule has 0 saturated carbocycles. The Kier molecular flexibility index (Phi) is 6.03. The second kappa shape index (κ2) is 8.31. The molecule has 7 heteroatoms. The molecule has 2 aromatic rings. The SMILES string of the molecule is CN1CCCC(CN(C)C(=O)Nc2cc(C(C)(C)C)nn2-c2ccccn2)C1. The van der Waals surface area contributed by atoms with Crippen molar-refractivity contribution in [2.24, 2.45) is 5.92 Å². The van der Waals surface area contributed by atoms with E-state index in [9.17, 15) is 4.79 Å². The van der Waals surface area contributed by atoms with E-state index in [0.29, 0.717) is 17.6 Å². The maximum Gasteiger partial charge on any atom is 0.322 e. The maximum absolute atomic E-state index is 12.8. The highest BCUT2D eigenvalue weighted by Crippen LogP contribution is 2.26. The molecule has 1 aliphatic rings. The van der Waals surface area contributed by atoms with Gasteiger partial charge in [-0.3, -0.25) is 5.32 Å². The summed E-state index contributed by atoms with van der Waals surface area (Å²) < 4.78 is 1.71. The summed E-state index contributed by atoms with van der Waals surface area (Å²) in [6.45, 7) is 9.25. The predicted molar refractivity (Wildman–Crippen MR) is 112 cm³/mol. The van der Waals surface area contributed by atoms with Crippen molar-refractivity contribution in [3.63, 3.8) is 0 Å². The Morgan fingerprint density at radius 2 is 2.14 bits per heavy atom. The number of rotatable bonds is 4. The molecule has 0 spiro atoms. The summed E-state index contributed by atoms with van der Waals surface area (Å²) in [6.07, 6.45) is 4.09. The molecule has 3 rings (SSSR count). The summed E-state index contributed by atoms with van der Waals surface area (Å²) >= 11 is 0. The number of hydrogen-bond acceptors (Lipinski definition) is 4. The Morgan fingerprint density at radius 3 is 2.79 bits per heavy atom. The van der Waals surface area contributed by atoms with Crippen LogP contribution in [0.3, 0.4) is 0 Å². The minimum Gasteiger partial charge on any atom is -0.327 e. The van der Waals surface area contributed by atoms with Crippen molar-refractivity contribution < 1.29 is 4.79 Å². The number of nitrogens with one attached hydrogen (secondary N) is 1. The lowest BCUT2D eigenvalue weighted by Gasteiger charge is -2.32. The van der Waals surface area contributed by atoms with Crippen molar-refractivity contribution in [2.75, 3.05) is 39.0 Å². The molecule has 0 radical (unpaired) electrons.